The molecule has 4 heteroatoms. The van der Waals surface area contributed by atoms with E-state index in [1.165, 1.54) is 6.42 Å². The van der Waals surface area contributed by atoms with Crippen molar-refractivity contribution in [1.82, 2.24) is 10.2 Å². The molecule has 2 atom stereocenters. The first-order chi connectivity index (χ1) is 7.32. The summed E-state index contributed by atoms with van der Waals surface area (Å²) >= 11 is 0. The van der Waals surface area contributed by atoms with Crippen molar-refractivity contribution in [1.29, 1.82) is 0 Å². The van der Waals surface area contributed by atoms with E-state index in [1.54, 1.807) is 0 Å². The highest BCUT2D eigenvalue weighted by molar-refractivity contribution is 5.83. The van der Waals surface area contributed by atoms with Gasteiger partial charge >= 0.3 is 0 Å². The molecular weight excluding hydrogens is 192 g/mol. The number of rotatable bonds is 0. The minimum Gasteiger partial charge on any atom is -0.379 e. The Morgan fingerprint density at radius 2 is 2.40 bits per heavy atom. The Morgan fingerprint density at radius 1 is 1.47 bits per heavy atom. The predicted octanol–water partition coefficient (Wildman–Crippen LogP) is 0.130. The standard InChI is InChI=1S/C11H18N2O2/c14-10-9-3-1-5-13(9)11(7-12-10)4-2-6-15-8-11/h9H,1-8H2,(H,12,14). The first kappa shape index (κ1) is 9.60. The van der Waals surface area contributed by atoms with Gasteiger partial charge in [0.2, 0.25) is 5.91 Å². The van der Waals surface area contributed by atoms with Gasteiger partial charge in [-0.15, -0.1) is 0 Å². The Kier molecular flexibility index (Phi) is 2.21. The van der Waals surface area contributed by atoms with E-state index < -0.39 is 0 Å². The fourth-order valence-corrected chi connectivity index (χ4v) is 3.28. The number of piperazine rings is 1. The lowest BCUT2D eigenvalue weighted by atomic mass is 9.87. The van der Waals surface area contributed by atoms with Gasteiger partial charge in [0, 0.05) is 13.2 Å². The number of nitrogens with one attached hydrogen (secondary N) is 1. The van der Waals surface area contributed by atoms with E-state index in [2.05, 4.69) is 10.2 Å². The van der Waals surface area contributed by atoms with Crippen molar-refractivity contribution in [2.24, 2.45) is 0 Å². The van der Waals surface area contributed by atoms with Crippen LogP contribution in [-0.2, 0) is 9.53 Å². The predicted molar refractivity (Wildman–Crippen MR) is 55.5 cm³/mol. The van der Waals surface area contributed by atoms with E-state index in [9.17, 15) is 4.79 Å². The fraction of sp³-hybridized carbons (Fsp3) is 0.909. The summed E-state index contributed by atoms with van der Waals surface area (Å²) in [6, 6.07) is 0.125. The number of carbonyl (C=O) groups excluding carboxylic acids is 1. The molecule has 0 radical (unpaired) electrons. The van der Waals surface area contributed by atoms with Crippen molar-refractivity contribution in [2.45, 2.75) is 37.3 Å². The van der Waals surface area contributed by atoms with Crippen LogP contribution in [0.15, 0.2) is 0 Å². The molecule has 4 nitrogen and oxygen atoms in total. The van der Waals surface area contributed by atoms with Crippen LogP contribution in [0.2, 0.25) is 0 Å². The van der Waals surface area contributed by atoms with Gasteiger partial charge in [0.05, 0.1) is 18.2 Å². The highest BCUT2D eigenvalue weighted by Crippen LogP contribution is 2.35. The summed E-state index contributed by atoms with van der Waals surface area (Å²) in [5.41, 5.74) is 0.118. The number of hydrogen-bond donors (Lipinski definition) is 1. The largest absolute Gasteiger partial charge is 0.379 e. The van der Waals surface area contributed by atoms with Crippen LogP contribution in [0.5, 0.6) is 0 Å². The second-order valence-corrected chi connectivity index (χ2v) is 4.95. The van der Waals surface area contributed by atoms with Crippen LogP contribution in [0.25, 0.3) is 0 Å². The molecule has 2 unspecified atom stereocenters. The second-order valence-electron chi connectivity index (χ2n) is 4.95. The third-order valence-electron chi connectivity index (χ3n) is 4.06. The molecule has 1 amide bonds. The highest BCUT2D eigenvalue weighted by Gasteiger charge is 2.49. The fourth-order valence-electron chi connectivity index (χ4n) is 3.28. The van der Waals surface area contributed by atoms with Crippen molar-refractivity contribution >= 4 is 5.91 Å². The van der Waals surface area contributed by atoms with Gasteiger partial charge in [0.25, 0.3) is 0 Å². The Morgan fingerprint density at radius 3 is 3.20 bits per heavy atom. The summed E-state index contributed by atoms with van der Waals surface area (Å²) in [6.07, 6.45) is 4.47. The lowest BCUT2D eigenvalue weighted by Crippen LogP contribution is -2.68. The molecule has 0 saturated carbocycles. The zero-order valence-corrected chi connectivity index (χ0v) is 9.00. The van der Waals surface area contributed by atoms with Crippen LogP contribution >= 0.6 is 0 Å². The molecule has 15 heavy (non-hydrogen) atoms. The molecular formula is C11H18N2O2. The van der Waals surface area contributed by atoms with E-state index in [4.69, 9.17) is 4.74 Å². The van der Waals surface area contributed by atoms with E-state index >= 15 is 0 Å². The molecule has 3 rings (SSSR count). The number of amides is 1. The van der Waals surface area contributed by atoms with Gasteiger partial charge in [0.15, 0.2) is 0 Å². The molecule has 1 spiro atoms. The molecule has 3 saturated heterocycles. The SMILES string of the molecule is O=C1NCC2(CCCOC2)N2CCCC12. The minimum atomic E-state index is 0.118. The van der Waals surface area contributed by atoms with E-state index in [0.717, 1.165) is 45.6 Å². The quantitative estimate of drug-likeness (QED) is 0.618. The van der Waals surface area contributed by atoms with Crippen LogP contribution < -0.4 is 5.32 Å². The lowest BCUT2D eigenvalue weighted by molar-refractivity contribution is -0.139. The molecule has 3 fully saturated rings. The van der Waals surface area contributed by atoms with Gasteiger partial charge in [-0.1, -0.05) is 0 Å². The third-order valence-corrected chi connectivity index (χ3v) is 4.06. The Bertz CT molecular complexity index is 274. The third kappa shape index (κ3) is 1.39. The number of carbonyl (C=O) groups is 1. The molecule has 1 N–H and O–H groups in total. The van der Waals surface area contributed by atoms with Crippen molar-refractivity contribution in [2.75, 3.05) is 26.3 Å². The summed E-state index contributed by atoms with van der Waals surface area (Å²) < 4.78 is 5.61. The van der Waals surface area contributed by atoms with Crippen LogP contribution in [0.4, 0.5) is 0 Å². The summed E-state index contributed by atoms with van der Waals surface area (Å²) in [5.74, 6) is 0.226. The summed E-state index contributed by atoms with van der Waals surface area (Å²) in [7, 11) is 0. The minimum absolute atomic E-state index is 0.118. The molecule has 0 aliphatic carbocycles. The number of hydrogen-bond acceptors (Lipinski definition) is 3. The Labute approximate surface area is 90.0 Å². The molecule has 0 aromatic heterocycles. The number of fused-ring (bicyclic) bond motifs is 2. The molecule has 0 bridgehead atoms. The summed E-state index contributed by atoms with van der Waals surface area (Å²) in [6.45, 7) is 3.53. The van der Waals surface area contributed by atoms with Crippen LogP contribution in [0.1, 0.15) is 25.7 Å². The van der Waals surface area contributed by atoms with Crippen LogP contribution in [-0.4, -0.2) is 48.7 Å². The average molecular weight is 210 g/mol. The van der Waals surface area contributed by atoms with E-state index in [1.807, 2.05) is 0 Å². The average Bonchev–Trinajstić information content (AvgIpc) is 2.76. The van der Waals surface area contributed by atoms with Gasteiger partial charge in [-0.3, -0.25) is 9.69 Å². The molecule has 3 aliphatic rings. The highest BCUT2D eigenvalue weighted by atomic mass is 16.5. The maximum Gasteiger partial charge on any atom is 0.237 e. The van der Waals surface area contributed by atoms with Gasteiger partial charge in [-0.2, -0.15) is 0 Å². The van der Waals surface area contributed by atoms with Gasteiger partial charge < -0.3 is 10.1 Å². The van der Waals surface area contributed by atoms with Crippen LogP contribution in [0.3, 0.4) is 0 Å². The zero-order chi connectivity index (χ0) is 10.3. The molecule has 0 aromatic carbocycles. The van der Waals surface area contributed by atoms with Crippen molar-refractivity contribution in [3.63, 3.8) is 0 Å². The van der Waals surface area contributed by atoms with Crippen LogP contribution in [0, 0.1) is 0 Å². The Balaban J connectivity index is 1.86. The normalized spacial score (nSPS) is 41.6. The first-order valence-corrected chi connectivity index (χ1v) is 5.94. The molecule has 3 aliphatic heterocycles. The second kappa shape index (κ2) is 3.46. The van der Waals surface area contributed by atoms with Crippen molar-refractivity contribution < 1.29 is 9.53 Å². The lowest BCUT2D eigenvalue weighted by Gasteiger charge is -2.49. The molecule has 0 aromatic rings. The van der Waals surface area contributed by atoms with Gasteiger partial charge in [-0.05, 0) is 32.2 Å². The van der Waals surface area contributed by atoms with Crippen molar-refractivity contribution in [3.05, 3.63) is 0 Å². The Hall–Kier alpha value is -0.610. The maximum atomic E-state index is 11.7. The summed E-state index contributed by atoms with van der Waals surface area (Å²) in [4.78, 5) is 14.1. The topological polar surface area (TPSA) is 41.6 Å². The van der Waals surface area contributed by atoms with E-state index in [0.29, 0.717) is 0 Å². The molecule has 3 heterocycles. The number of ether oxygens (including phenoxy) is 1. The summed E-state index contributed by atoms with van der Waals surface area (Å²) in [5, 5.41) is 3.05. The molecule has 84 valence electrons. The van der Waals surface area contributed by atoms with Crippen molar-refractivity contribution in [3.8, 4) is 0 Å². The smallest absolute Gasteiger partial charge is 0.237 e. The monoisotopic (exact) mass is 210 g/mol. The zero-order valence-electron chi connectivity index (χ0n) is 9.00. The van der Waals surface area contributed by atoms with Gasteiger partial charge in [-0.25, -0.2) is 0 Å². The first-order valence-electron chi connectivity index (χ1n) is 5.94. The maximum absolute atomic E-state index is 11.7. The number of nitrogens with zero attached hydrogens (tertiary/aromatic N) is 1. The van der Waals surface area contributed by atoms with Gasteiger partial charge in [0.1, 0.15) is 0 Å². The van der Waals surface area contributed by atoms with E-state index in [-0.39, 0.29) is 17.5 Å².